The van der Waals surface area contributed by atoms with E-state index in [-0.39, 0.29) is 0 Å². The summed E-state index contributed by atoms with van der Waals surface area (Å²) >= 11 is 0. The van der Waals surface area contributed by atoms with E-state index in [4.69, 9.17) is 0 Å². The van der Waals surface area contributed by atoms with Crippen molar-refractivity contribution in [3.63, 3.8) is 0 Å². The Bertz CT molecular complexity index is 637. The minimum absolute atomic E-state index is 0.352. The zero-order valence-electron chi connectivity index (χ0n) is 10.5. The van der Waals surface area contributed by atoms with Crippen molar-refractivity contribution in [1.29, 1.82) is 0 Å². The number of carbonyl (C=O) groups excluding carboxylic acids is 1. The fourth-order valence-corrected chi connectivity index (χ4v) is 2.56. The van der Waals surface area contributed by atoms with Crippen LogP contribution in [0.25, 0.3) is 10.9 Å². The lowest BCUT2D eigenvalue weighted by atomic mass is 9.94. The highest BCUT2D eigenvalue weighted by molar-refractivity contribution is 5.83. The molecule has 0 atom stereocenters. The molecule has 1 aromatic carbocycles. The molecular weight excluding hydrogens is 224 g/mol. The van der Waals surface area contributed by atoms with Gasteiger partial charge in [0.1, 0.15) is 5.78 Å². The van der Waals surface area contributed by atoms with E-state index in [2.05, 4.69) is 23.3 Å². The highest BCUT2D eigenvalue weighted by atomic mass is 16.1. The molecule has 0 saturated carbocycles. The summed E-state index contributed by atoms with van der Waals surface area (Å²) in [5.41, 5.74) is 3.63. The summed E-state index contributed by atoms with van der Waals surface area (Å²) in [5.74, 6) is 0.352. The van der Waals surface area contributed by atoms with Gasteiger partial charge >= 0.3 is 0 Å². The number of allylic oxidation sites excluding steroid dienone is 2. The van der Waals surface area contributed by atoms with Crippen molar-refractivity contribution in [1.82, 2.24) is 9.78 Å². The van der Waals surface area contributed by atoms with Gasteiger partial charge in [-0.25, -0.2) is 0 Å². The predicted molar refractivity (Wildman–Crippen MR) is 71.4 cm³/mol. The van der Waals surface area contributed by atoms with Crippen LogP contribution in [0, 0.1) is 0 Å². The molecule has 0 aliphatic heterocycles. The number of hydrogen-bond acceptors (Lipinski definition) is 2. The topological polar surface area (TPSA) is 34.9 Å². The number of fused-ring (bicyclic) bond motifs is 1. The number of para-hydroxylation sites is 1. The highest BCUT2D eigenvalue weighted by Gasteiger charge is 2.14. The molecule has 18 heavy (non-hydrogen) atoms. The lowest BCUT2D eigenvalue weighted by Crippen LogP contribution is -2.05. The maximum Gasteiger partial charge on any atom is 0.136 e. The van der Waals surface area contributed by atoms with Gasteiger partial charge in [-0.15, -0.1) is 0 Å². The standard InChI is InChI=1S/C15H16N2O/c1-17-15-5-3-2-4-13(15)14(16-17)10-11-6-8-12(18)9-7-11/h2-6H,7-10H2,1H3. The van der Waals surface area contributed by atoms with E-state index in [9.17, 15) is 4.79 Å². The van der Waals surface area contributed by atoms with Gasteiger partial charge in [-0.3, -0.25) is 9.48 Å². The molecule has 3 rings (SSSR count). The Hall–Kier alpha value is -1.90. The van der Waals surface area contributed by atoms with Crippen LogP contribution in [0.2, 0.25) is 0 Å². The number of rotatable bonds is 2. The van der Waals surface area contributed by atoms with Gasteiger partial charge in [0.2, 0.25) is 0 Å². The maximum atomic E-state index is 11.2. The van der Waals surface area contributed by atoms with Crippen LogP contribution in [0.3, 0.4) is 0 Å². The molecule has 0 bridgehead atoms. The summed E-state index contributed by atoms with van der Waals surface area (Å²) in [6, 6.07) is 8.29. The Morgan fingerprint density at radius 3 is 2.89 bits per heavy atom. The Balaban J connectivity index is 1.93. The Kier molecular flexibility index (Phi) is 2.74. The molecule has 3 heteroatoms. The predicted octanol–water partition coefficient (Wildman–Crippen LogP) is 2.80. The minimum atomic E-state index is 0.352. The molecule has 2 aromatic rings. The summed E-state index contributed by atoms with van der Waals surface area (Å²) in [6.07, 6.45) is 5.13. The average Bonchev–Trinajstić information content (AvgIpc) is 2.70. The first-order chi connectivity index (χ1) is 8.74. The first-order valence-corrected chi connectivity index (χ1v) is 6.34. The van der Waals surface area contributed by atoms with Gasteiger partial charge < -0.3 is 0 Å². The Morgan fingerprint density at radius 2 is 2.11 bits per heavy atom. The van der Waals surface area contributed by atoms with Gasteiger partial charge in [0.05, 0.1) is 11.2 Å². The van der Waals surface area contributed by atoms with Crippen LogP contribution in [0.15, 0.2) is 35.9 Å². The Morgan fingerprint density at radius 1 is 1.28 bits per heavy atom. The number of aryl methyl sites for hydroxylation is 1. The van der Waals surface area contributed by atoms with Gasteiger partial charge in [0, 0.05) is 31.7 Å². The first-order valence-electron chi connectivity index (χ1n) is 6.34. The molecule has 0 amide bonds. The van der Waals surface area contributed by atoms with Crippen molar-refractivity contribution in [2.24, 2.45) is 7.05 Å². The van der Waals surface area contributed by atoms with Crippen molar-refractivity contribution in [3.8, 4) is 0 Å². The molecule has 1 aromatic heterocycles. The number of Topliss-reactive ketones (excluding diaryl/α,β-unsaturated/α-hetero) is 1. The second-order valence-corrected chi connectivity index (χ2v) is 4.87. The van der Waals surface area contributed by atoms with Gasteiger partial charge in [0.15, 0.2) is 0 Å². The second-order valence-electron chi connectivity index (χ2n) is 4.87. The van der Waals surface area contributed by atoms with E-state index in [0.717, 1.165) is 18.5 Å². The zero-order valence-corrected chi connectivity index (χ0v) is 10.5. The summed E-state index contributed by atoms with van der Waals surface area (Å²) in [7, 11) is 1.98. The third kappa shape index (κ3) is 1.96. The number of nitrogens with zero attached hydrogens (tertiary/aromatic N) is 2. The molecule has 3 nitrogen and oxygen atoms in total. The number of aromatic nitrogens is 2. The average molecular weight is 240 g/mol. The number of hydrogen-bond donors (Lipinski definition) is 0. The van der Waals surface area contributed by atoms with Gasteiger partial charge in [0.25, 0.3) is 0 Å². The van der Waals surface area contributed by atoms with Crippen LogP contribution in [-0.4, -0.2) is 15.6 Å². The molecular formula is C15H16N2O. The van der Waals surface area contributed by atoms with Crippen molar-refractivity contribution < 1.29 is 4.79 Å². The van der Waals surface area contributed by atoms with Crippen LogP contribution in [0.4, 0.5) is 0 Å². The molecule has 0 saturated heterocycles. The highest BCUT2D eigenvalue weighted by Crippen LogP contribution is 2.24. The van der Waals surface area contributed by atoms with E-state index in [1.54, 1.807) is 0 Å². The molecule has 92 valence electrons. The van der Waals surface area contributed by atoms with Gasteiger partial charge in [-0.2, -0.15) is 5.10 Å². The van der Waals surface area contributed by atoms with Crippen LogP contribution in [0.1, 0.15) is 25.0 Å². The van der Waals surface area contributed by atoms with Gasteiger partial charge in [-0.1, -0.05) is 29.8 Å². The van der Waals surface area contributed by atoms with E-state index in [1.165, 1.54) is 16.5 Å². The van der Waals surface area contributed by atoms with Crippen LogP contribution in [0.5, 0.6) is 0 Å². The van der Waals surface area contributed by atoms with E-state index < -0.39 is 0 Å². The monoisotopic (exact) mass is 240 g/mol. The maximum absolute atomic E-state index is 11.2. The smallest absolute Gasteiger partial charge is 0.136 e. The van der Waals surface area contributed by atoms with E-state index >= 15 is 0 Å². The molecule has 0 fully saturated rings. The summed E-state index contributed by atoms with van der Waals surface area (Å²) in [6.45, 7) is 0. The van der Waals surface area contributed by atoms with E-state index in [0.29, 0.717) is 18.6 Å². The third-order valence-corrected chi connectivity index (χ3v) is 3.57. The summed E-state index contributed by atoms with van der Waals surface area (Å²) in [4.78, 5) is 11.2. The van der Waals surface area contributed by atoms with Crippen molar-refractivity contribution >= 4 is 16.7 Å². The van der Waals surface area contributed by atoms with E-state index in [1.807, 2.05) is 23.9 Å². The molecule has 1 aliphatic carbocycles. The SMILES string of the molecule is Cn1nc(CC2=CCC(=O)CC2)c2ccccc21. The van der Waals surface area contributed by atoms with Crippen molar-refractivity contribution in [2.75, 3.05) is 0 Å². The third-order valence-electron chi connectivity index (χ3n) is 3.57. The molecule has 0 unspecified atom stereocenters. The van der Waals surface area contributed by atoms with Crippen molar-refractivity contribution in [3.05, 3.63) is 41.6 Å². The summed E-state index contributed by atoms with van der Waals surface area (Å²) < 4.78 is 1.93. The molecule has 1 aliphatic rings. The van der Waals surface area contributed by atoms with Crippen LogP contribution < -0.4 is 0 Å². The first kappa shape index (κ1) is 11.2. The largest absolute Gasteiger partial charge is 0.299 e. The molecule has 0 radical (unpaired) electrons. The summed E-state index contributed by atoms with van der Waals surface area (Å²) in [5, 5.41) is 5.81. The second kappa shape index (κ2) is 4.41. The Labute approximate surface area is 106 Å². The van der Waals surface area contributed by atoms with Crippen molar-refractivity contribution in [2.45, 2.75) is 25.7 Å². The number of ketones is 1. The quantitative estimate of drug-likeness (QED) is 0.756. The normalized spacial score (nSPS) is 16.1. The number of benzene rings is 1. The fraction of sp³-hybridized carbons (Fsp3) is 0.333. The zero-order chi connectivity index (χ0) is 12.5. The van der Waals surface area contributed by atoms with Crippen LogP contribution >= 0.6 is 0 Å². The molecule has 0 N–H and O–H groups in total. The van der Waals surface area contributed by atoms with Crippen LogP contribution in [-0.2, 0) is 18.3 Å². The molecule has 1 heterocycles. The number of carbonyl (C=O) groups is 1. The minimum Gasteiger partial charge on any atom is -0.299 e. The fourth-order valence-electron chi connectivity index (χ4n) is 2.56. The lowest BCUT2D eigenvalue weighted by Gasteiger charge is -2.10. The van der Waals surface area contributed by atoms with Gasteiger partial charge in [-0.05, 0) is 12.5 Å². The lowest BCUT2D eigenvalue weighted by molar-refractivity contribution is -0.118. The molecule has 0 spiro atoms.